The normalized spacial score (nSPS) is 19.9. The van der Waals surface area contributed by atoms with Gasteiger partial charge in [-0.1, -0.05) is 52.5 Å². The number of alkyl halides is 3. The molecule has 7 heteroatoms. The van der Waals surface area contributed by atoms with Crippen molar-refractivity contribution in [3.8, 4) is 0 Å². The van der Waals surface area contributed by atoms with Gasteiger partial charge in [0.05, 0.1) is 5.56 Å². The molecule has 3 nitrogen and oxygen atoms in total. The largest absolute Gasteiger partial charge is 0.301 e. The maximum absolute atomic E-state index is 5.86. The lowest BCUT2D eigenvalue weighted by molar-refractivity contribution is -0.510. The highest BCUT2D eigenvalue weighted by molar-refractivity contribution is 7.80. The molecule has 1 aliphatic heterocycles. The van der Waals surface area contributed by atoms with E-state index in [1.54, 1.807) is 0 Å². The second-order valence-corrected chi connectivity index (χ2v) is 6.74. The summed E-state index contributed by atoms with van der Waals surface area (Å²) < 4.78 is -1.50. The van der Waals surface area contributed by atoms with Crippen LogP contribution in [0.3, 0.4) is 0 Å². The number of halogens is 3. The first kappa shape index (κ1) is 13.9. The van der Waals surface area contributed by atoms with Crippen LogP contribution in [0.2, 0.25) is 0 Å². The maximum atomic E-state index is 5.86. The van der Waals surface area contributed by atoms with Gasteiger partial charge in [0, 0.05) is 0 Å². The van der Waals surface area contributed by atoms with Crippen molar-refractivity contribution in [1.82, 2.24) is 10.6 Å². The fourth-order valence-corrected chi connectivity index (χ4v) is 2.08. The first-order valence-corrected chi connectivity index (χ1v) is 6.75. The molecule has 3 N–H and O–H groups in total. The van der Waals surface area contributed by atoms with Crippen LogP contribution in [0.4, 0.5) is 0 Å². The highest BCUT2D eigenvalue weighted by Gasteiger charge is 2.39. The van der Waals surface area contributed by atoms with Crippen molar-refractivity contribution < 1.29 is 4.99 Å². The van der Waals surface area contributed by atoms with E-state index in [9.17, 15) is 0 Å². The molecule has 2 rings (SSSR count). The lowest BCUT2D eigenvalue weighted by atomic mass is 10.1. The van der Waals surface area contributed by atoms with Crippen LogP contribution in [0.1, 0.15) is 11.1 Å². The van der Waals surface area contributed by atoms with Gasteiger partial charge in [-0.25, -0.2) is 10.3 Å². The summed E-state index contributed by atoms with van der Waals surface area (Å²) in [5, 5.41) is 6.28. The van der Waals surface area contributed by atoms with E-state index in [1.807, 2.05) is 31.2 Å². The summed E-state index contributed by atoms with van der Waals surface area (Å²) in [6.45, 7) is 2.02. The van der Waals surface area contributed by atoms with Crippen molar-refractivity contribution in [1.29, 1.82) is 0 Å². The SMILES string of the molecule is Cc1ccc(C2=[NH+][C@@H](C(Cl)(Cl)Cl)NC(=S)N2)cc1. The molecule has 1 aromatic rings. The van der Waals surface area contributed by atoms with Crippen LogP contribution >= 0.6 is 47.0 Å². The zero-order valence-electron chi connectivity index (χ0n) is 9.43. The zero-order valence-corrected chi connectivity index (χ0v) is 12.5. The molecule has 0 radical (unpaired) electrons. The summed E-state index contributed by atoms with van der Waals surface area (Å²) >= 11 is 22.7. The molecule has 0 unspecified atom stereocenters. The Labute approximate surface area is 126 Å². The van der Waals surface area contributed by atoms with Gasteiger partial charge in [-0.15, -0.1) is 0 Å². The monoisotopic (exact) mass is 322 g/mol. The summed E-state index contributed by atoms with van der Waals surface area (Å²) in [4.78, 5) is 3.07. The van der Waals surface area contributed by atoms with Crippen molar-refractivity contribution in [3.63, 3.8) is 0 Å². The molecule has 1 heterocycles. The molecule has 0 bridgehead atoms. The van der Waals surface area contributed by atoms with Gasteiger partial charge in [0.15, 0.2) is 0 Å². The predicted molar refractivity (Wildman–Crippen MR) is 79.2 cm³/mol. The molecule has 0 saturated heterocycles. The van der Waals surface area contributed by atoms with Crippen LogP contribution < -0.4 is 15.6 Å². The molecule has 18 heavy (non-hydrogen) atoms. The lowest BCUT2D eigenvalue weighted by Gasteiger charge is -2.24. The quantitative estimate of drug-likeness (QED) is 0.533. The van der Waals surface area contributed by atoms with Crippen molar-refractivity contribution in [2.75, 3.05) is 0 Å². The molecule has 1 aromatic carbocycles. The molecule has 0 aliphatic carbocycles. The summed E-state index contributed by atoms with van der Waals surface area (Å²) in [7, 11) is 0. The van der Waals surface area contributed by atoms with E-state index < -0.39 is 9.96 Å². The summed E-state index contributed by atoms with van der Waals surface area (Å²) in [6.07, 6.45) is -0.576. The number of hydrogen-bond donors (Lipinski definition) is 3. The van der Waals surface area contributed by atoms with Crippen LogP contribution in [-0.4, -0.2) is 20.9 Å². The van der Waals surface area contributed by atoms with E-state index in [2.05, 4.69) is 15.6 Å². The van der Waals surface area contributed by atoms with Crippen LogP contribution in [0, 0.1) is 6.92 Å². The molecule has 1 aliphatic rings. The van der Waals surface area contributed by atoms with Gasteiger partial charge in [-0.05, 0) is 31.3 Å². The Morgan fingerprint density at radius 3 is 2.39 bits per heavy atom. The smallest absolute Gasteiger partial charge is 0.283 e. The summed E-state index contributed by atoms with van der Waals surface area (Å²) in [6, 6.07) is 7.93. The van der Waals surface area contributed by atoms with Gasteiger partial charge in [0.25, 0.3) is 10.9 Å². The number of thiocarbonyl (C=S) groups is 1. The van der Waals surface area contributed by atoms with Crippen LogP contribution in [0.25, 0.3) is 0 Å². The average molecular weight is 324 g/mol. The second-order valence-electron chi connectivity index (χ2n) is 3.96. The highest BCUT2D eigenvalue weighted by atomic mass is 35.6. The number of hydrogen-bond acceptors (Lipinski definition) is 1. The Morgan fingerprint density at radius 2 is 1.83 bits per heavy atom. The molecule has 0 spiro atoms. The van der Waals surface area contributed by atoms with E-state index in [0.29, 0.717) is 5.11 Å². The van der Waals surface area contributed by atoms with Gasteiger partial charge in [-0.3, -0.25) is 0 Å². The van der Waals surface area contributed by atoms with E-state index in [1.165, 1.54) is 5.56 Å². The van der Waals surface area contributed by atoms with Gasteiger partial charge < -0.3 is 5.32 Å². The number of aryl methyl sites for hydroxylation is 1. The topological polar surface area (TPSA) is 38.0 Å². The van der Waals surface area contributed by atoms with E-state index in [-0.39, 0.29) is 0 Å². The lowest BCUT2D eigenvalue weighted by Crippen LogP contribution is -2.93. The van der Waals surface area contributed by atoms with E-state index in [0.717, 1.165) is 11.4 Å². The third-order valence-corrected chi connectivity index (χ3v) is 3.34. The van der Waals surface area contributed by atoms with Gasteiger partial charge in [0.1, 0.15) is 0 Å². The molecule has 0 fully saturated rings. The Hall–Kier alpha value is -0.550. The summed E-state index contributed by atoms with van der Waals surface area (Å²) in [5.74, 6) is 0.718. The number of amidine groups is 1. The molecule has 0 saturated carbocycles. The van der Waals surface area contributed by atoms with Crippen molar-refractivity contribution in [2.24, 2.45) is 0 Å². The predicted octanol–water partition coefficient (Wildman–Crippen LogP) is 0.996. The minimum atomic E-state index is -1.50. The number of nitrogens with one attached hydrogen (secondary N) is 3. The Morgan fingerprint density at radius 1 is 1.22 bits per heavy atom. The van der Waals surface area contributed by atoms with Crippen LogP contribution in [0.15, 0.2) is 24.3 Å². The molecule has 0 aromatic heterocycles. The summed E-state index contributed by atoms with van der Waals surface area (Å²) in [5.41, 5.74) is 2.12. The maximum Gasteiger partial charge on any atom is 0.283 e. The van der Waals surface area contributed by atoms with E-state index >= 15 is 0 Å². The van der Waals surface area contributed by atoms with Gasteiger partial charge in [0.2, 0.25) is 9.96 Å². The van der Waals surface area contributed by atoms with Crippen molar-refractivity contribution >= 4 is 58.0 Å². The van der Waals surface area contributed by atoms with E-state index in [4.69, 9.17) is 47.0 Å². The molecular weight excluding hydrogens is 313 g/mol. The molecular formula is C11H11Cl3N3S+. The van der Waals surface area contributed by atoms with Crippen LogP contribution in [0.5, 0.6) is 0 Å². The van der Waals surface area contributed by atoms with Gasteiger partial charge in [-0.2, -0.15) is 0 Å². The first-order chi connectivity index (χ1) is 8.36. The first-order valence-electron chi connectivity index (χ1n) is 5.21. The molecule has 0 amide bonds. The van der Waals surface area contributed by atoms with Crippen LogP contribution in [-0.2, 0) is 0 Å². The molecule has 96 valence electrons. The minimum absolute atomic E-state index is 0.417. The molecule has 1 atom stereocenters. The third kappa shape index (κ3) is 3.26. The van der Waals surface area contributed by atoms with Crippen molar-refractivity contribution in [3.05, 3.63) is 35.4 Å². The standard InChI is InChI=1S/C11H10Cl3N3S/c1-6-2-4-7(5-3-6)8-15-9(11(12,13)14)17-10(18)16-8/h2-5,9H,1H3,(H2,15,16,17,18)/p+1/t9-/m1/s1. The second kappa shape index (κ2) is 5.21. The van der Waals surface area contributed by atoms with Gasteiger partial charge >= 0.3 is 0 Å². The fourth-order valence-electron chi connectivity index (χ4n) is 1.54. The average Bonchev–Trinajstić information content (AvgIpc) is 2.28. The number of benzene rings is 1. The Bertz CT molecular complexity index is 493. The third-order valence-electron chi connectivity index (χ3n) is 2.47. The Kier molecular flexibility index (Phi) is 4.02. The highest BCUT2D eigenvalue weighted by Crippen LogP contribution is 2.27. The fraction of sp³-hybridized carbons (Fsp3) is 0.273. The zero-order chi connectivity index (χ0) is 13.3. The Balaban J connectivity index is 2.34. The number of rotatable bonds is 1. The minimum Gasteiger partial charge on any atom is -0.301 e. The van der Waals surface area contributed by atoms with Crippen molar-refractivity contribution in [2.45, 2.75) is 16.9 Å².